The lowest BCUT2D eigenvalue weighted by atomic mass is 9.83. The van der Waals surface area contributed by atoms with Crippen molar-refractivity contribution in [2.45, 2.75) is 11.5 Å². The minimum Gasteiger partial charge on any atom is -0.463 e. The molecule has 0 spiro atoms. The van der Waals surface area contributed by atoms with Crippen LogP contribution in [0, 0.1) is 0 Å². The zero-order chi connectivity index (χ0) is 25.3. The number of carbonyl (C=O) groups excluding carboxylic acids is 1. The Morgan fingerprint density at radius 3 is 1.83 bits per heavy atom. The smallest absolute Gasteiger partial charge is 0.463 e. The summed E-state index contributed by atoms with van der Waals surface area (Å²) in [7, 11) is -4.72. The van der Waals surface area contributed by atoms with Gasteiger partial charge in [0.1, 0.15) is 12.4 Å². The van der Waals surface area contributed by atoms with Crippen molar-refractivity contribution in [3.05, 3.63) is 125 Å². The van der Waals surface area contributed by atoms with Crippen LogP contribution in [0.3, 0.4) is 0 Å². The summed E-state index contributed by atoms with van der Waals surface area (Å²) in [6.07, 6.45) is 0. The molecule has 0 fully saturated rings. The Kier molecular flexibility index (Phi) is 6.24. The minimum atomic E-state index is -4.72. The van der Waals surface area contributed by atoms with Crippen LogP contribution >= 0.6 is 7.82 Å². The zero-order valence-corrected chi connectivity index (χ0v) is 20.0. The summed E-state index contributed by atoms with van der Waals surface area (Å²) in [5.41, 5.74) is 10.5. The molecule has 36 heavy (non-hydrogen) atoms. The standard InChI is InChI=1S/C28H24NO6P/c29-28(19-8-2-1-3-9-19,20-14-16-21(17-15-20)35-36(31,32)33)27(30)34-18-26-24-12-6-4-10-22(24)23-11-5-7-13-25(23)26/h1-17,26H,18,29H2,(H2,31,32,33). The fourth-order valence-corrected chi connectivity index (χ4v) is 5.13. The maximum atomic E-state index is 13.7. The molecule has 1 aliphatic carbocycles. The highest BCUT2D eigenvalue weighted by molar-refractivity contribution is 7.46. The molecule has 0 aromatic heterocycles. The van der Waals surface area contributed by atoms with E-state index >= 15 is 0 Å². The van der Waals surface area contributed by atoms with Gasteiger partial charge in [-0.25, -0.2) is 9.36 Å². The predicted molar refractivity (Wildman–Crippen MR) is 135 cm³/mol. The first kappa shape index (κ1) is 24.0. The number of phosphoric acid groups is 1. The Balaban J connectivity index is 1.46. The number of ether oxygens (including phenoxy) is 1. The van der Waals surface area contributed by atoms with Gasteiger partial charge in [0.05, 0.1) is 0 Å². The van der Waals surface area contributed by atoms with Gasteiger partial charge in [-0.2, -0.15) is 0 Å². The number of phosphoric ester groups is 1. The monoisotopic (exact) mass is 501 g/mol. The van der Waals surface area contributed by atoms with E-state index in [9.17, 15) is 9.36 Å². The molecule has 0 radical (unpaired) electrons. The second-order valence-electron chi connectivity index (χ2n) is 8.61. The summed E-state index contributed by atoms with van der Waals surface area (Å²) in [6.45, 7) is 0.109. The van der Waals surface area contributed by atoms with Gasteiger partial charge in [-0.05, 0) is 45.5 Å². The van der Waals surface area contributed by atoms with E-state index in [1.807, 2.05) is 42.5 Å². The summed E-state index contributed by atoms with van der Waals surface area (Å²) in [5.74, 6) is -0.811. The van der Waals surface area contributed by atoms with Crippen molar-refractivity contribution in [3.63, 3.8) is 0 Å². The van der Waals surface area contributed by atoms with Crippen molar-refractivity contribution in [1.29, 1.82) is 0 Å². The van der Waals surface area contributed by atoms with Gasteiger partial charge in [-0.1, -0.05) is 91.0 Å². The zero-order valence-electron chi connectivity index (χ0n) is 19.2. The Morgan fingerprint density at radius 1 is 0.778 bits per heavy atom. The molecule has 0 aliphatic heterocycles. The third-order valence-electron chi connectivity index (χ3n) is 6.43. The molecule has 0 bridgehead atoms. The van der Waals surface area contributed by atoms with E-state index in [1.165, 1.54) is 24.3 Å². The number of benzene rings is 4. The molecule has 4 aromatic carbocycles. The predicted octanol–water partition coefficient (Wildman–Crippen LogP) is 4.72. The Labute approximate surface area is 208 Å². The van der Waals surface area contributed by atoms with Gasteiger partial charge in [0.25, 0.3) is 0 Å². The quantitative estimate of drug-likeness (QED) is 0.248. The molecule has 7 nitrogen and oxygen atoms in total. The number of rotatable bonds is 7. The van der Waals surface area contributed by atoms with Crippen LogP contribution in [-0.4, -0.2) is 22.4 Å². The van der Waals surface area contributed by atoms with Gasteiger partial charge in [0.15, 0.2) is 5.54 Å². The lowest BCUT2D eigenvalue weighted by molar-refractivity contribution is -0.149. The number of fused-ring (bicyclic) bond motifs is 3. The van der Waals surface area contributed by atoms with Crippen molar-refractivity contribution >= 4 is 13.8 Å². The van der Waals surface area contributed by atoms with Crippen LogP contribution in [0.25, 0.3) is 11.1 Å². The maximum absolute atomic E-state index is 13.7. The molecule has 0 saturated carbocycles. The van der Waals surface area contributed by atoms with Crippen LogP contribution in [0.5, 0.6) is 5.75 Å². The number of hydrogen-bond acceptors (Lipinski definition) is 5. The molecule has 4 N–H and O–H groups in total. The molecule has 1 unspecified atom stereocenters. The summed E-state index contributed by atoms with van der Waals surface area (Å²) < 4.78 is 21.7. The fraction of sp³-hybridized carbons (Fsp3) is 0.107. The van der Waals surface area contributed by atoms with E-state index in [2.05, 4.69) is 16.7 Å². The van der Waals surface area contributed by atoms with Crippen molar-refractivity contribution < 1.29 is 28.4 Å². The van der Waals surface area contributed by atoms with Gasteiger partial charge in [0.2, 0.25) is 0 Å². The topological polar surface area (TPSA) is 119 Å². The van der Waals surface area contributed by atoms with Crippen LogP contribution in [0.15, 0.2) is 103 Å². The second kappa shape index (κ2) is 9.37. The van der Waals surface area contributed by atoms with Crippen LogP contribution in [0.4, 0.5) is 0 Å². The van der Waals surface area contributed by atoms with Gasteiger partial charge in [-0.3, -0.25) is 9.79 Å². The van der Waals surface area contributed by atoms with Crippen LogP contribution in [0.2, 0.25) is 0 Å². The molecular weight excluding hydrogens is 477 g/mol. The van der Waals surface area contributed by atoms with Crippen LogP contribution < -0.4 is 10.3 Å². The molecule has 0 heterocycles. The van der Waals surface area contributed by atoms with E-state index in [4.69, 9.17) is 20.3 Å². The first-order valence-corrected chi connectivity index (χ1v) is 12.9. The average molecular weight is 501 g/mol. The summed E-state index contributed by atoms with van der Waals surface area (Å²) >= 11 is 0. The summed E-state index contributed by atoms with van der Waals surface area (Å²) in [4.78, 5) is 31.8. The Hall–Kier alpha value is -3.74. The number of hydrogen-bond donors (Lipinski definition) is 3. The molecule has 5 rings (SSSR count). The number of nitrogens with two attached hydrogens (primary N) is 1. The summed E-state index contributed by atoms with van der Waals surface area (Å²) in [5, 5.41) is 0. The third-order valence-corrected chi connectivity index (χ3v) is 6.88. The highest BCUT2D eigenvalue weighted by atomic mass is 31.2. The molecule has 0 amide bonds. The summed E-state index contributed by atoms with van der Waals surface area (Å²) in [6, 6.07) is 30.7. The first-order valence-electron chi connectivity index (χ1n) is 11.3. The second-order valence-corrected chi connectivity index (χ2v) is 9.77. The van der Waals surface area contributed by atoms with E-state index in [1.54, 1.807) is 24.3 Å². The van der Waals surface area contributed by atoms with Gasteiger partial charge >= 0.3 is 13.8 Å². The lowest BCUT2D eigenvalue weighted by Gasteiger charge is -2.29. The average Bonchev–Trinajstić information content (AvgIpc) is 3.20. The molecular formula is C28H24NO6P. The first-order chi connectivity index (χ1) is 17.3. The van der Waals surface area contributed by atoms with E-state index < -0.39 is 19.3 Å². The van der Waals surface area contributed by atoms with Crippen LogP contribution in [0.1, 0.15) is 28.2 Å². The SMILES string of the molecule is NC(C(=O)OCC1c2ccccc2-c2ccccc21)(c1ccccc1)c1ccc(OP(=O)(O)O)cc1. The molecule has 1 atom stereocenters. The highest BCUT2D eigenvalue weighted by Crippen LogP contribution is 2.45. The van der Waals surface area contributed by atoms with Crippen molar-refractivity contribution in [3.8, 4) is 16.9 Å². The normalized spacial score (nSPS) is 14.4. The highest BCUT2D eigenvalue weighted by Gasteiger charge is 2.41. The van der Waals surface area contributed by atoms with Crippen molar-refractivity contribution in [1.82, 2.24) is 0 Å². The molecule has 1 aliphatic rings. The number of esters is 1. The molecule has 0 saturated heterocycles. The van der Waals surface area contributed by atoms with Crippen molar-refractivity contribution in [2.75, 3.05) is 6.61 Å². The van der Waals surface area contributed by atoms with E-state index in [-0.39, 0.29) is 18.3 Å². The van der Waals surface area contributed by atoms with E-state index in [0.29, 0.717) is 11.1 Å². The molecule has 182 valence electrons. The van der Waals surface area contributed by atoms with Gasteiger partial charge in [-0.15, -0.1) is 0 Å². The maximum Gasteiger partial charge on any atom is 0.524 e. The lowest BCUT2D eigenvalue weighted by Crippen LogP contribution is -2.47. The third kappa shape index (κ3) is 4.45. The fourth-order valence-electron chi connectivity index (χ4n) is 4.73. The van der Waals surface area contributed by atoms with E-state index in [0.717, 1.165) is 22.3 Å². The minimum absolute atomic E-state index is 0.0463. The molecule has 4 aromatic rings. The molecule has 8 heteroatoms. The van der Waals surface area contributed by atoms with Crippen LogP contribution in [-0.2, 0) is 19.6 Å². The Bertz CT molecular complexity index is 1410. The number of carbonyl (C=O) groups is 1. The van der Waals surface area contributed by atoms with Gasteiger partial charge < -0.3 is 15.0 Å². The largest absolute Gasteiger partial charge is 0.524 e. The van der Waals surface area contributed by atoms with Gasteiger partial charge in [0, 0.05) is 5.92 Å². The Morgan fingerprint density at radius 2 is 1.28 bits per heavy atom. The van der Waals surface area contributed by atoms with Crippen molar-refractivity contribution in [2.24, 2.45) is 5.73 Å².